The third-order valence-electron chi connectivity index (χ3n) is 4.76. The molecule has 0 aromatic heterocycles. The van der Waals surface area contributed by atoms with Crippen LogP contribution < -0.4 is 10.2 Å². The number of anilines is 1. The summed E-state index contributed by atoms with van der Waals surface area (Å²) in [7, 11) is 0. The Labute approximate surface area is 157 Å². The van der Waals surface area contributed by atoms with Gasteiger partial charge < -0.3 is 15.3 Å². The van der Waals surface area contributed by atoms with Crippen LogP contribution in [0.25, 0.3) is 0 Å². The highest BCUT2D eigenvalue weighted by atomic mass is 16.4. The van der Waals surface area contributed by atoms with Gasteiger partial charge in [-0.1, -0.05) is 30.3 Å². The maximum Gasteiger partial charge on any atom is 0.335 e. The second kappa shape index (κ2) is 8.03. The number of amides is 2. The molecule has 1 aliphatic rings. The summed E-state index contributed by atoms with van der Waals surface area (Å²) in [6.07, 6.45) is 1.31. The topological polar surface area (TPSA) is 86.7 Å². The summed E-state index contributed by atoms with van der Waals surface area (Å²) >= 11 is 0. The summed E-state index contributed by atoms with van der Waals surface area (Å²) in [5.74, 6) is -1.25. The second-order valence-corrected chi connectivity index (χ2v) is 6.75. The number of rotatable bonds is 6. The Morgan fingerprint density at radius 1 is 1.11 bits per heavy atom. The minimum atomic E-state index is -0.976. The van der Waals surface area contributed by atoms with Crippen molar-refractivity contribution in [3.8, 4) is 0 Å². The van der Waals surface area contributed by atoms with Crippen molar-refractivity contribution in [3.05, 3.63) is 65.7 Å². The predicted octanol–water partition coefficient (Wildman–Crippen LogP) is 2.63. The van der Waals surface area contributed by atoms with Gasteiger partial charge in [0.05, 0.1) is 5.56 Å². The smallest absolute Gasteiger partial charge is 0.335 e. The minimum absolute atomic E-state index is 0.0220. The monoisotopic (exact) mass is 366 g/mol. The van der Waals surface area contributed by atoms with Crippen LogP contribution in [0.3, 0.4) is 0 Å². The fourth-order valence-corrected chi connectivity index (χ4v) is 3.36. The largest absolute Gasteiger partial charge is 0.478 e. The number of hydrogen-bond acceptors (Lipinski definition) is 3. The molecule has 2 amide bonds. The van der Waals surface area contributed by atoms with Crippen LogP contribution in [0.1, 0.15) is 35.7 Å². The number of benzene rings is 2. The summed E-state index contributed by atoms with van der Waals surface area (Å²) in [5, 5.41) is 11.7. The molecule has 1 fully saturated rings. The van der Waals surface area contributed by atoms with Gasteiger partial charge in [-0.05, 0) is 49.6 Å². The van der Waals surface area contributed by atoms with Crippen molar-refractivity contribution in [1.29, 1.82) is 0 Å². The van der Waals surface area contributed by atoms with Crippen LogP contribution in [-0.4, -0.2) is 35.0 Å². The van der Waals surface area contributed by atoms with Crippen molar-refractivity contribution < 1.29 is 19.5 Å². The van der Waals surface area contributed by atoms with E-state index >= 15 is 0 Å². The Balaban J connectivity index is 1.55. The van der Waals surface area contributed by atoms with Crippen LogP contribution in [0.4, 0.5) is 5.69 Å². The molecule has 1 aliphatic heterocycles. The Kier molecular flexibility index (Phi) is 5.54. The van der Waals surface area contributed by atoms with Crippen molar-refractivity contribution in [3.63, 3.8) is 0 Å². The van der Waals surface area contributed by atoms with E-state index in [0.717, 1.165) is 11.3 Å². The number of carboxylic acid groups (broad SMARTS) is 1. The lowest BCUT2D eigenvalue weighted by Gasteiger charge is -2.21. The molecule has 2 N–H and O–H groups in total. The fourth-order valence-electron chi connectivity index (χ4n) is 3.36. The predicted molar refractivity (Wildman–Crippen MR) is 102 cm³/mol. The van der Waals surface area contributed by atoms with Gasteiger partial charge in [0, 0.05) is 18.2 Å². The summed E-state index contributed by atoms with van der Waals surface area (Å²) in [5.41, 5.74) is 1.94. The SMILES string of the molecule is CC1CC(NC(=O)CCc2ccc(C(=O)O)cc2)C(=O)N1c1ccccc1. The molecule has 2 atom stereocenters. The van der Waals surface area contributed by atoms with Gasteiger partial charge in [-0.15, -0.1) is 0 Å². The van der Waals surface area contributed by atoms with Crippen LogP contribution in [-0.2, 0) is 16.0 Å². The number of nitrogens with one attached hydrogen (secondary N) is 1. The van der Waals surface area contributed by atoms with Crippen LogP contribution in [0, 0.1) is 0 Å². The standard InChI is InChI=1S/C21H22N2O4/c1-14-13-18(20(25)23(14)17-5-3-2-4-6-17)22-19(24)12-9-15-7-10-16(11-8-15)21(26)27/h2-8,10-11,14,18H,9,12-13H2,1H3,(H,22,24)(H,26,27). The van der Waals surface area contributed by atoms with Gasteiger partial charge in [-0.25, -0.2) is 4.79 Å². The number of nitrogens with zero attached hydrogens (tertiary/aromatic N) is 1. The average molecular weight is 366 g/mol. The summed E-state index contributed by atoms with van der Waals surface area (Å²) < 4.78 is 0. The van der Waals surface area contributed by atoms with Crippen molar-refractivity contribution in [2.45, 2.75) is 38.3 Å². The van der Waals surface area contributed by atoms with E-state index in [0.29, 0.717) is 12.8 Å². The zero-order valence-corrected chi connectivity index (χ0v) is 15.1. The van der Waals surface area contributed by atoms with Crippen LogP contribution in [0.2, 0.25) is 0 Å². The van der Waals surface area contributed by atoms with Crippen molar-refractivity contribution in [2.24, 2.45) is 0 Å². The molecule has 27 heavy (non-hydrogen) atoms. The third kappa shape index (κ3) is 4.34. The molecule has 3 rings (SSSR count). The Bertz CT molecular complexity index is 833. The molecule has 0 spiro atoms. The summed E-state index contributed by atoms with van der Waals surface area (Å²) in [6, 6.07) is 15.4. The van der Waals surface area contributed by atoms with Gasteiger partial charge in [0.2, 0.25) is 11.8 Å². The molecule has 6 nitrogen and oxygen atoms in total. The molecule has 0 bridgehead atoms. The van der Waals surface area contributed by atoms with Gasteiger partial charge in [-0.3, -0.25) is 9.59 Å². The maximum atomic E-state index is 12.7. The van der Waals surface area contributed by atoms with E-state index in [2.05, 4.69) is 5.32 Å². The molecule has 6 heteroatoms. The van der Waals surface area contributed by atoms with Gasteiger partial charge in [-0.2, -0.15) is 0 Å². The minimum Gasteiger partial charge on any atom is -0.478 e. The van der Waals surface area contributed by atoms with Gasteiger partial charge in [0.15, 0.2) is 0 Å². The van der Waals surface area contributed by atoms with E-state index < -0.39 is 12.0 Å². The third-order valence-corrected chi connectivity index (χ3v) is 4.76. The normalized spacial score (nSPS) is 19.1. The number of aryl methyl sites for hydroxylation is 1. The highest BCUT2D eigenvalue weighted by Crippen LogP contribution is 2.26. The molecule has 2 unspecified atom stereocenters. The maximum absolute atomic E-state index is 12.7. The quantitative estimate of drug-likeness (QED) is 0.823. The number of carbonyl (C=O) groups excluding carboxylic acids is 2. The van der Waals surface area contributed by atoms with Crippen LogP contribution in [0.15, 0.2) is 54.6 Å². The van der Waals surface area contributed by atoms with E-state index in [1.54, 1.807) is 17.0 Å². The molecule has 0 radical (unpaired) electrons. The van der Waals surface area contributed by atoms with Crippen LogP contribution in [0.5, 0.6) is 0 Å². The fraction of sp³-hybridized carbons (Fsp3) is 0.286. The lowest BCUT2D eigenvalue weighted by Crippen LogP contribution is -2.42. The van der Waals surface area contributed by atoms with Crippen LogP contribution >= 0.6 is 0 Å². The molecular weight excluding hydrogens is 344 g/mol. The van der Waals surface area contributed by atoms with Crippen molar-refractivity contribution in [1.82, 2.24) is 5.32 Å². The highest BCUT2D eigenvalue weighted by Gasteiger charge is 2.38. The zero-order chi connectivity index (χ0) is 19.4. The Hall–Kier alpha value is -3.15. The Morgan fingerprint density at radius 3 is 2.41 bits per heavy atom. The molecule has 140 valence electrons. The second-order valence-electron chi connectivity index (χ2n) is 6.75. The highest BCUT2D eigenvalue weighted by molar-refractivity contribution is 6.02. The molecule has 0 saturated carbocycles. The van der Waals surface area contributed by atoms with Crippen molar-refractivity contribution in [2.75, 3.05) is 4.90 Å². The van der Waals surface area contributed by atoms with Gasteiger partial charge in [0.25, 0.3) is 0 Å². The summed E-state index contributed by atoms with van der Waals surface area (Å²) in [4.78, 5) is 37.5. The number of hydrogen-bond donors (Lipinski definition) is 2. The molecule has 1 heterocycles. The number of para-hydroxylation sites is 1. The molecule has 2 aromatic rings. The molecular formula is C21H22N2O4. The van der Waals surface area contributed by atoms with Gasteiger partial charge >= 0.3 is 5.97 Å². The first kappa shape index (κ1) is 18.6. The lowest BCUT2D eigenvalue weighted by molar-refractivity contribution is -0.126. The van der Waals surface area contributed by atoms with E-state index in [9.17, 15) is 14.4 Å². The van der Waals surface area contributed by atoms with E-state index in [-0.39, 0.29) is 29.8 Å². The van der Waals surface area contributed by atoms with Crippen molar-refractivity contribution >= 4 is 23.5 Å². The number of carboxylic acids is 1. The molecule has 2 aromatic carbocycles. The molecule has 0 aliphatic carbocycles. The number of carbonyl (C=O) groups is 3. The Morgan fingerprint density at radius 2 is 1.78 bits per heavy atom. The van der Waals surface area contributed by atoms with Gasteiger partial charge in [0.1, 0.15) is 6.04 Å². The number of aromatic carboxylic acids is 1. The first-order valence-corrected chi connectivity index (χ1v) is 8.95. The van der Waals surface area contributed by atoms with E-state index in [1.165, 1.54) is 12.1 Å². The summed E-state index contributed by atoms with van der Waals surface area (Å²) in [6.45, 7) is 1.97. The average Bonchev–Trinajstić information content (AvgIpc) is 2.94. The lowest BCUT2D eigenvalue weighted by atomic mass is 10.1. The first-order valence-electron chi connectivity index (χ1n) is 8.95. The zero-order valence-electron chi connectivity index (χ0n) is 15.1. The van der Waals surface area contributed by atoms with E-state index in [4.69, 9.17) is 5.11 Å². The molecule has 1 saturated heterocycles. The van der Waals surface area contributed by atoms with E-state index in [1.807, 2.05) is 37.3 Å². The first-order chi connectivity index (χ1) is 13.0.